The number of phenolic OH excluding ortho intramolecular Hbond substituents is 1. The normalized spacial score (nSPS) is 17.0. The Bertz CT molecular complexity index is 370. The first-order chi connectivity index (χ1) is 7.77. The molecule has 3 nitrogen and oxygen atoms in total. The summed E-state index contributed by atoms with van der Waals surface area (Å²) in [6, 6.07) is 6.94. The van der Waals surface area contributed by atoms with E-state index in [9.17, 15) is 9.90 Å². The molecule has 16 heavy (non-hydrogen) atoms. The Morgan fingerprint density at radius 1 is 1.19 bits per heavy atom. The number of phenols is 1. The number of rotatable bonds is 2. The summed E-state index contributed by atoms with van der Waals surface area (Å²) in [5, 5.41) is 12.5. The summed E-state index contributed by atoms with van der Waals surface area (Å²) < 4.78 is 0. The van der Waals surface area contributed by atoms with Crippen LogP contribution in [0.15, 0.2) is 24.3 Å². The fourth-order valence-corrected chi connectivity index (χ4v) is 2.18. The van der Waals surface area contributed by atoms with E-state index in [1.807, 2.05) is 0 Å². The van der Waals surface area contributed by atoms with Gasteiger partial charge in [-0.1, -0.05) is 31.4 Å². The highest BCUT2D eigenvalue weighted by molar-refractivity contribution is 5.96. The zero-order chi connectivity index (χ0) is 11.4. The Balaban J connectivity index is 2.00. The van der Waals surface area contributed by atoms with E-state index in [1.54, 1.807) is 18.2 Å². The first-order valence-corrected chi connectivity index (χ1v) is 5.86. The van der Waals surface area contributed by atoms with Gasteiger partial charge in [0.2, 0.25) is 0 Å². The van der Waals surface area contributed by atoms with Crippen LogP contribution < -0.4 is 5.32 Å². The highest BCUT2D eigenvalue weighted by Crippen LogP contribution is 2.20. The molecule has 0 atom stereocenters. The molecule has 0 unspecified atom stereocenters. The van der Waals surface area contributed by atoms with Crippen LogP contribution in [-0.2, 0) is 0 Å². The van der Waals surface area contributed by atoms with Crippen molar-refractivity contribution in [2.24, 2.45) is 0 Å². The molecule has 2 rings (SSSR count). The minimum absolute atomic E-state index is 0.0517. The quantitative estimate of drug-likeness (QED) is 0.802. The van der Waals surface area contributed by atoms with Crippen LogP contribution in [0.4, 0.5) is 0 Å². The van der Waals surface area contributed by atoms with Crippen molar-refractivity contribution in [1.82, 2.24) is 5.32 Å². The van der Waals surface area contributed by atoms with Crippen LogP contribution >= 0.6 is 0 Å². The summed E-state index contributed by atoms with van der Waals surface area (Å²) in [5.74, 6) is -0.110. The first kappa shape index (κ1) is 11.0. The standard InChI is InChI=1S/C13H17NO2/c15-12-9-5-4-8-11(12)13(16)14-10-6-2-1-3-7-10/h4-5,8-10,15H,1-3,6-7H2,(H,14,16). The molecular formula is C13H17NO2. The van der Waals surface area contributed by atoms with Crippen molar-refractivity contribution in [3.63, 3.8) is 0 Å². The largest absolute Gasteiger partial charge is 0.507 e. The molecule has 0 heterocycles. The van der Waals surface area contributed by atoms with Crippen molar-refractivity contribution in [1.29, 1.82) is 0 Å². The lowest BCUT2D eigenvalue weighted by Crippen LogP contribution is -2.36. The van der Waals surface area contributed by atoms with Crippen LogP contribution in [0.25, 0.3) is 0 Å². The number of nitrogens with one attached hydrogen (secondary N) is 1. The maximum Gasteiger partial charge on any atom is 0.255 e. The fourth-order valence-electron chi connectivity index (χ4n) is 2.18. The second-order valence-electron chi connectivity index (χ2n) is 4.33. The van der Waals surface area contributed by atoms with E-state index in [0.717, 1.165) is 12.8 Å². The van der Waals surface area contributed by atoms with E-state index >= 15 is 0 Å². The van der Waals surface area contributed by atoms with Gasteiger partial charge in [0.25, 0.3) is 5.91 Å². The highest BCUT2D eigenvalue weighted by Gasteiger charge is 2.17. The van der Waals surface area contributed by atoms with Crippen molar-refractivity contribution in [3.8, 4) is 5.75 Å². The second-order valence-corrected chi connectivity index (χ2v) is 4.33. The van der Waals surface area contributed by atoms with E-state index in [-0.39, 0.29) is 17.7 Å². The van der Waals surface area contributed by atoms with E-state index in [2.05, 4.69) is 5.32 Å². The number of amides is 1. The number of benzene rings is 1. The van der Waals surface area contributed by atoms with Crippen molar-refractivity contribution in [2.75, 3.05) is 0 Å². The smallest absolute Gasteiger partial charge is 0.255 e. The summed E-state index contributed by atoms with van der Waals surface area (Å²) in [6.07, 6.45) is 5.75. The first-order valence-electron chi connectivity index (χ1n) is 5.86. The van der Waals surface area contributed by atoms with E-state index in [4.69, 9.17) is 0 Å². The van der Waals surface area contributed by atoms with Gasteiger partial charge in [0.05, 0.1) is 5.56 Å². The third-order valence-corrected chi connectivity index (χ3v) is 3.09. The lowest BCUT2D eigenvalue weighted by Gasteiger charge is -2.22. The Morgan fingerprint density at radius 2 is 1.88 bits per heavy atom. The van der Waals surface area contributed by atoms with Crippen LogP contribution in [0.3, 0.4) is 0 Å². The number of aromatic hydroxyl groups is 1. The lowest BCUT2D eigenvalue weighted by molar-refractivity contribution is 0.0925. The van der Waals surface area contributed by atoms with Gasteiger partial charge < -0.3 is 10.4 Å². The zero-order valence-corrected chi connectivity index (χ0v) is 9.28. The number of hydrogen-bond donors (Lipinski definition) is 2. The molecule has 0 radical (unpaired) electrons. The molecule has 1 fully saturated rings. The highest BCUT2D eigenvalue weighted by atomic mass is 16.3. The molecule has 3 heteroatoms. The van der Waals surface area contributed by atoms with Crippen LogP contribution in [0.5, 0.6) is 5.75 Å². The van der Waals surface area contributed by atoms with E-state index < -0.39 is 0 Å². The van der Waals surface area contributed by atoms with Gasteiger partial charge in [-0.25, -0.2) is 0 Å². The van der Waals surface area contributed by atoms with Crippen molar-refractivity contribution in [3.05, 3.63) is 29.8 Å². The predicted octanol–water partition coefficient (Wildman–Crippen LogP) is 2.45. The van der Waals surface area contributed by atoms with Gasteiger partial charge >= 0.3 is 0 Å². The summed E-state index contributed by atoms with van der Waals surface area (Å²) in [6.45, 7) is 0. The number of para-hydroxylation sites is 1. The Kier molecular flexibility index (Phi) is 3.44. The molecule has 1 aromatic rings. The minimum Gasteiger partial charge on any atom is -0.507 e. The van der Waals surface area contributed by atoms with Crippen LogP contribution in [0.1, 0.15) is 42.5 Å². The number of hydrogen-bond acceptors (Lipinski definition) is 2. The lowest BCUT2D eigenvalue weighted by atomic mass is 9.95. The van der Waals surface area contributed by atoms with Gasteiger partial charge in [-0.3, -0.25) is 4.79 Å². The monoisotopic (exact) mass is 219 g/mol. The average Bonchev–Trinajstić information content (AvgIpc) is 2.31. The summed E-state index contributed by atoms with van der Waals surface area (Å²) in [7, 11) is 0. The van der Waals surface area contributed by atoms with Gasteiger partial charge in [0, 0.05) is 6.04 Å². The number of carbonyl (C=O) groups excluding carboxylic acids is 1. The van der Waals surface area contributed by atoms with Gasteiger partial charge in [-0.05, 0) is 25.0 Å². The number of carbonyl (C=O) groups is 1. The molecule has 2 N–H and O–H groups in total. The summed E-state index contributed by atoms with van der Waals surface area (Å²) >= 11 is 0. The second kappa shape index (κ2) is 5.01. The SMILES string of the molecule is O=C(NC1CCCCC1)c1ccccc1O. The molecule has 1 aliphatic rings. The van der Waals surface area contributed by atoms with Crippen LogP contribution in [0, 0.1) is 0 Å². The van der Waals surface area contributed by atoms with Crippen LogP contribution in [0.2, 0.25) is 0 Å². The molecule has 86 valence electrons. The Hall–Kier alpha value is -1.51. The molecule has 1 saturated carbocycles. The topological polar surface area (TPSA) is 49.3 Å². The summed E-state index contributed by atoms with van der Waals surface area (Å²) in [4.78, 5) is 11.9. The molecule has 1 aromatic carbocycles. The van der Waals surface area contributed by atoms with Gasteiger partial charge in [-0.15, -0.1) is 0 Å². The maximum atomic E-state index is 11.9. The van der Waals surface area contributed by atoms with Crippen molar-refractivity contribution in [2.45, 2.75) is 38.1 Å². The molecule has 0 aliphatic heterocycles. The molecule has 1 aliphatic carbocycles. The average molecular weight is 219 g/mol. The zero-order valence-electron chi connectivity index (χ0n) is 9.28. The molecule has 0 aromatic heterocycles. The Morgan fingerprint density at radius 3 is 2.56 bits per heavy atom. The van der Waals surface area contributed by atoms with Crippen LogP contribution in [-0.4, -0.2) is 17.1 Å². The van der Waals surface area contributed by atoms with Gasteiger partial charge in [0.15, 0.2) is 0 Å². The van der Waals surface area contributed by atoms with E-state index in [1.165, 1.54) is 25.3 Å². The fraction of sp³-hybridized carbons (Fsp3) is 0.462. The summed E-state index contributed by atoms with van der Waals surface area (Å²) in [5.41, 5.74) is 0.369. The van der Waals surface area contributed by atoms with Gasteiger partial charge in [0.1, 0.15) is 5.75 Å². The minimum atomic E-state index is -0.162. The Labute approximate surface area is 95.5 Å². The molecular weight excluding hydrogens is 202 g/mol. The van der Waals surface area contributed by atoms with Gasteiger partial charge in [-0.2, -0.15) is 0 Å². The molecule has 0 saturated heterocycles. The maximum absolute atomic E-state index is 11.9. The van der Waals surface area contributed by atoms with Crippen molar-refractivity contribution < 1.29 is 9.90 Å². The van der Waals surface area contributed by atoms with Crippen molar-refractivity contribution >= 4 is 5.91 Å². The molecule has 1 amide bonds. The third-order valence-electron chi connectivity index (χ3n) is 3.09. The third kappa shape index (κ3) is 2.54. The molecule has 0 spiro atoms. The predicted molar refractivity (Wildman–Crippen MR) is 62.4 cm³/mol. The molecule has 0 bridgehead atoms. The van der Waals surface area contributed by atoms with E-state index in [0.29, 0.717) is 5.56 Å².